The summed E-state index contributed by atoms with van der Waals surface area (Å²) >= 11 is 4.78. The van der Waals surface area contributed by atoms with Gasteiger partial charge in [-0.2, -0.15) is 11.1 Å². The summed E-state index contributed by atoms with van der Waals surface area (Å²) < 4.78 is 0. The van der Waals surface area contributed by atoms with Gasteiger partial charge in [0.25, 0.3) is 0 Å². The van der Waals surface area contributed by atoms with Crippen LogP contribution in [0.3, 0.4) is 0 Å². The molecule has 0 aliphatic heterocycles. The molecule has 0 N–H and O–H groups in total. The van der Waals surface area contributed by atoms with E-state index in [9.17, 15) is 0 Å². The first-order chi connectivity index (χ1) is 1.00. The van der Waals surface area contributed by atoms with Crippen molar-refractivity contribution in [1.29, 1.82) is 0 Å². The molecule has 0 aliphatic carbocycles. The molecular formula is H5Cl3Si. The first kappa shape index (κ1) is 19.5. The topological polar surface area (TPSA) is 0 Å². The van der Waals surface area contributed by atoms with E-state index in [-0.39, 0.29) is 24.8 Å². The molecule has 4 heteroatoms. The summed E-state index contributed by atoms with van der Waals surface area (Å²) in [5.41, 5.74) is 0. The van der Waals surface area contributed by atoms with Gasteiger partial charge in [0.05, 0.1) is 0 Å². The molecule has 0 radical (unpaired) electrons. The molecule has 0 nitrogen and oxygen atoms in total. The van der Waals surface area contributed by atoms with E-state index in [1.54, 1.807) is 0 Å². The van der Waals surface area contributed by atoms with Crippen molar-refractivity contribution >= 4 is 45.4 Å². The van der Waals surface area contributed by atoms with Crippen LogP contribution < -0.4 is 0 Å². The molecule has 0 atom stereocenters. The summed E-state index contributed by atoms with van der Waals surface area (Å²) in [5, 5.41) is 0. The second-order valence-electron chi connectivity index (χ2n) is 0. The zero-order chi connectivity index (χ0) is 2.00. The molecule has 0 aromatic heterocycles. The molecule has 0 spiro atoms. The van der Waals surface area contributed by atoms with Gasteiger partial charge in [0.2, 0.25) is 0 Å². The lowest BCUT2D eigenvalue weighted by Crippen LogP contribution is -0.980. The van der Waals surface area contributed by atoms with E-state index in [1.165, 1.54) is 0 Å². The third-order valence-corrected chi connectivity index (χ3v) is 0. The highest BCUT2D eigenvalue weighted by Crippen LogP contribution is 1.29. The van der Waals surface area contributed by atoms with Gasteiger partial charge in [-0.1, -0.05) is 0 Å². The van der Waals surface area contributed by atoms with Gasteiger partial charge in [-0.05, 0) is 0 Å². The van der Waals surface area contributed by atoms with E-state index < -0.39 is 0 Å². The van der Waals surface area contributed by atoms with Crippen molar-refractivity contribution in [2.75, 3.05) is 0 Å². The highest BCUT2D eigenvalue weighted by Gasteiger charge is 0.975. The van der Waals surface area contributed by atoms with Crippen LogP contribution in [-0.2, 0) is 0 Å². The third kappa shape index (κ3) is 11.4. The van der Waals surface area contributed by atoms with E-state index >= 15 is 0 Å². The van der Waals surface area contributed by atoms with Crippen molar-refractivity contribution in [3.05, 3.63) is 0 Å². The average molecular weight is 139 g/mol. The Kier molecular flexibility index (Phi) is 161. The van der Waals surface area contributed by atoms with Gasteiger partial charge in [0, 0.05) is 0 Å². The summed E-state index contributed by atoms with van der Waals surface area (Å²) in [4.78, 5) is 0. The molecule has 30 valence electrons. The van der Waals surface area contributed by atoms with Crippen LogP contribution in [0.25, 0.3) is 0 Å². The molecule has 0 unspecified atom stereocenters. The van der Waals surface area contributed by atoms with E-state index in [0.717, 1.165) is 9.55 Å². The van der Waals surface area contributed by atoms with E-state index in [4.69, 9.17) is 11.1 Å². The Hall–Kier alpha value is 1.09. The molecule has 0 saturated heterocycles. The van der Waals surface area contributed by atoms with E-state index in [2.05, 4.69) is 0 Å². The van der Waals surface area contributed by atoms with Crippen LogP contribution in [0.4, 0.5) is 0 Å². The van der Waals surface area contributed by atoms with Gasteiger partial charge in [0.1, 0.15) is 9.55 Å². The monoisotopic (exact) mass is 138 g/mol. The van der Waals surface area contributed by atoms with E-state index in [1.807, 2.05) is 0 Å². The molecule has 0 rings (SSSR count). The van der Waals surface area contributed by atoms with E-state index in [0.29, 0.717) is 0 Å². The Bertz CT molecular complexity index is 3.25. The number of hydrogen-bond donors (Lipinski definition) is 0. The molecule has 0 saturated carbocycles. The van der Waals surface area contributed by atoms with Crippen LogP contribution >= 0.6 is 35.9 Å². The second kappa shape index (κ2) is 33.0. The zero-order valence-electron chi connectivity index (χ0n) is 2.19. The molecule has 0 fully saturated rings. The summed E-state index contributed by atoms with van der Waals surface area (Å²) in [6, 6.07) is 0. The Labute approximate surface area is 45.9 Å². The molecular weight excluding hydrogens is 134 g/mol. The Morgan fingerprint density at radius 1 is 1.00 bits per heavy atom. The lowest BCUT2D eigenvalue weighted by molar-refractivity contribution is 4.80. The lowest BCUT2D eigenvalue weighted by atomic mass is 28.0. The maximum Gasteiger partial charge on any atom is 0.109 e. The fraction of sp³-hybridized carbons (Fsp3) is 0. The van der Waals surface area contributed by atoms with Crippen molar-refractivity contribution < 1.29 is 0 Å². The summed E-state index contributed by atoms with van der Waals surface area (Å²) in [6.45, 7) is 0. The number of hydrogen-bond acceptors (Lipinski definition) is 0. The number of halogens is 3. The molecule has 0 amide bonds. The Morgan fingerprint density at radius 3 is 1.00 bits per heavy atom. The van der Waals surface area contributed by atoms with Crippen LogP contribution in [0.2, 0.25) is 0 Å². The minimum absolute atomic E-state index is 0. The minimum Gasteiger partial charge on any atom is -0.181 e. The van der Waals surface area contributed by atoms with Crippen molar-refractivity contribution in [2.45, 2.75) is 0 Å². The lowest BCUT2D eigenvalue weighted by Gasteiger charge is -1.05. The maximum absolute atomic E-state index is 4.78. The summed E-state index contributed by atoms with van der Waals surface area (Å²) in [5.74, 6) is 0. The second-order valence-corrected chi connectivity index (χ2v) is 0. The smallest absolute Gasteiger partial charge is 0.109 e. The molecule has 0 aliphatic rings. The fourth-order valence-electron chi connectivity index (χ4n) is 0. The quantitative estimate of drug-likeness (QED) is 0.336. The predicted molar refractivity (Wildman–Crippen MR) is 30.3 cm³/mol. The first-order valence-electron chi connectivity index (χ1n) is 0.378. The molecule has 4 heavy (non-hydrogen) atoms. The largest absolute Gasteiger partial charge is 0.181 e. The maximum atomic E-state index is 4.78. The van der Waals surface area contributed by atoms with Crippen molar-refractivity contribution in [3.63, 3.8) is 0 Å². The molecule has 0 aromatic rings. The van der Waals surface area contributed by atoms with Gasteiger partial charge < -0.3 is 0 Å². The summed E-state index contributed by atoms with van der Waals surface area (Å²) in [7, 11) is 0.778. The third-order valence-electron chi connectivity index (χ3n) is 0. The van der Waals surface area contributed by atoms with Crippen LogP contribution in [0, 0.1) is 0 Å². The SMILES string of the molecule is Cl.Cl.[SiH3]Cl. The van der Waals surface area contributed by atoms with Crippen molar-refractivity contribution in [1.82, 2.24) is 0 Å². The van der Waals surface area contributed by atoms with Gasteiger partial charge >= 0.3 is 0 Å². The standard InChI is InChI=1S/ClH3Si.2ClH/c1-2;;/h2H3;2*1H. The zero-order valence-corrected chi connectivity index (χ0v) is 6.58. The molecule has 0 aromatic carbocycles. The Balaban J connectivity index is -0.00000000500. The van der Waals surface area contributed by atoms with Crippen molar-refractivity contribution in [3.8, 4) is 0 Å². The van der Waals surface area contributed by atoms with Crippen LogP contribution in [0.15, 0.2) is 0 Å². The van der Waals surface area contributed by atoms with Crippen LogP contribution in [0.5, 0.6) is 0 Å². The fourth-order valence-corrected chi connectivity index (χ4v) is 0. The van der Waals surface area contributed by atoms with Gasteiger partial charge in [0.15, 0.2) is 0 Å². The van der Waals surface area contributed by atoms with Gasteiger partial charge in [-0.25, -0.2) is 0 Å². The molecule has 0 bridgehead atoms. The number of rotatable bonds is 0. The van der Waals surface area contributed by atoms with Crippen LogP contribution in [-0.4, -0.2) is 9.55 Å². The molecule has 0 heterocycles. The first-order valence-corrected chi connectivity index (χ1v) is 3.40. The average Bonchev–Trinajstić information content (AvgIpc) is 1.00. The highest BCUT2D eigenvalue weighted by atomic mass is 35.6. The van der Waals surface area contributed by atoms with Gasteiger partial charge in [-0.15, -0.1) is 24.8 Å². The van der Waals surface area contributed by atoms with Crippen LogP contribution in [0.1, 0.15) is 0 Å². The van der Waals surface area contributed by atoms with Gasteiger partial charge in [-0.3, -0.25) is 0 Å². The predicted octanol–water partition coefficient (Wildman–Crippen LogP) is 0.349. The Morgan fingerprint density at radius 2 is 1.00 bits per heavy atom. The minimum atomic E-state index is 0. The van der Waals surface area contributed by atoms with Crippen molar-refractivity contribution in [2.24, 2.45) is 0 Å². The highest BCUT2D eigenvalue weighted by molar-refractivity contribution is 6.80. The summed E-state index contributed by atoms with van der Waals surface area (Å²) in [6.07, 6.45) is 0. The normalized spacial score (nSPS) is 2.25.